The van der Waals surface area contributed by atoms with Crippen molar-refractivity contribution in [3.8, 4) is 0 Å². The molecule has 28 heavy (non-hydrogen) atoms. The van der Waals surface area contributed by atoms with Gasteiger partial charge in [-0.1, -0.05) is 29.8 Å². The number of aryl methyl sites for hydroxylation is 1. The predicted molar refractivity (Wildman–Crippen MR) is 108 cm³/mol. The molecule has 0 radical (unpaired) electrons. The number of aliphatic hydroxyl groups is 1. The van der Waals surface area contributed by atoms with Crippen LogP contribution < -0.4 is 16.0 Å². The summed E-state index contributed by atoms with van der Waals surface area (Å²) in [5, 5.41) is 12.2. The Hall–Kier alpha value is -2.90. The normalized spacial score (nSPS) is 11.6. The molecule has 7 nitrogen and oxygen atoms in total. The number of para-hydroxylation sites is 1. The van der Waals surface area contributed by atoms with E-state index < -0.39 is 24.5 Å². The topological polar surface area (TPSA) is 113 Å². The molecule has 2 aromatic rings. The van der Waals surface area contributed by atoms with E-state index in [4.69, 9.17) is 17.3 Å². The van der Waals surface area contributed by atoms with Gasteiger partial charge in [-0.05, 0) is 43.7 Å². The van der Waals surface area contributed by atoms with Crippen LogP contribution in [-0.4, -0.2) is 41.9 Å². The SMILES string of the molecule is CC(=O)C(CN(C(=O)CO)c1ccccc1C)NC(=O)c1ccc(N)c(Cl)c1. The summed E-state index contributed by atoms with van der Waals surface area (Å²) in [4.78, 5) is 38.2. The van der Waals surface area contributed by atoms with E-state index in [2.05, 4.69) is 5.32 Å². The van der Waals surface area contributed by atoms with Crippen LogP contribution >= 0.6 is 11.6 Å². The highest BCUT2D eigenvalue weighted by atomic mass is 35.5. The van der Waals surface area contributed by atoms with Crippen LogP contribution in [0.5, 0.6) is 0 Å². The van der Waals surface area contributed by atoms with Gasteiger partial charge in [-0.15, -0.1) is 0 Å². The molecule has 148 valence electrons. The number of aliphatic hydroxyl groups excluding tert-OH is 1. The van der Waals surface area contributed by atoms with Gasteiger partial charge in [0.25, 0.3) is 11.8 Å². The molecule has 0 aliphatic rings. The largest absolute Gasteiger partial charge is 0.398 e. The third-order valence-electron chi connectivity index (χ3n) is 4.27. The van der Waals surface area contributed by atoms with Crippen LogP contribution in [0.3, 0.4) is 0 Å². The number of nitrogens with one attached hydrogen (secondary N) is 1. The minimum Gasteiger partial charge on any atom is -0.398 e. The standard InChI is InChI=1S/C20H22ClN3O4/c1-12-5-3-4-6-18(12)24(19(27)11-25)10-17(13(2)26)23-20(28)14-7-8-16(22)15(21)9-14/h3-9,17,25H,10-11,22H2,1-2H3,(H,23,28). The fourth-order valence-electron chi connectivity index (χ4n) is 2.65. The Morgan fingerprint density at radius 1 is 1.21 bits per heavy atom. The first-order valence-corrected chi connectivity index (χ1v) is 8.95. The maximum atomic E-state index is 12.5. The average molecular weight is 404 g/mol. The molecular weight excluding hydrogens is 382 g/mol. The Kier molecular flexibility index (Phi) is 7.14. The first-order valence-electron chi connectivity index (χ1n) is 8.57. The van der Waals surface area contributed by atoms with Gasteiger partial charge in [0, 0.05) is 11.3 Å². The zero-order valence-corrected chi connectivity index (χ0v) is 16.4. The van der Waals surface area contributed by atoms with Crippen molar-refractivity contribution in [2.45, 2.75) is 19.9 Å². The van der Waals surface area contributed by atoms with Gasteiger partial charge >= 0.3 is 0 Å². The number of nitrogens with zero attached hydrogens (tertiary/aromatic N) is 1. The number of hydrogen-bond acceptors (Lipinski definition) is 5. The number of halogens is 1. The van der Waals surface area contributed by atoms with Crippen molar-refractivity contribution in [2.75, 3.05) is 23.8 Å². The van der Waals surface area contributed by atoms with E-state index in [1.807, 2.05) is 19.1 Å². The van der Waals surface area contributed by atoms with Gasteiger partial charge in [0.1, 0.15) is 12.6 Å². The molecule has 0 fully saturated rings. The minimum atomic E-state index is -0.973. The summed E-state index contributed by atoms with van der Waals surface area (Å²) in [6, 6.07) is 10.5. The van der Waals surface area contributed by atoms with Gasteiger partial charge in [0.2, 0.25) is 0 Å². The zero-order valence-electron chi connectivity index (χ0n) is 15.6. The Labute approximate surface area is 168 Å². The molecule has 8 heteroatoms. The molecule has 0 saturated heterocycles. The van der Waals surface area contributed by atoms with E-state index >= 15 is 0 Å². The number of hydrogen-bond donors (Lipinski definition) is 3. The first-order chi connectivity index (χ1) is 13.2. The zero-order chi connectivity index (χ0) is 20.8. The van der Waals surface area contributed by atoms with Crippen molar-refractivity contribution in [3.05, 3.63) is 58.6 Å². The number of carbonyl (C=O) groups is 3. The number of ketones is 1. The second kappa shape index (κ2) is 9.34. The van der Waals surface area contributed by atoms with Crippen LogP contribution in [0.25, 0.3) is 0 Å². The molecule has 0 spiro atoms. The summed E-state index contributed by atoms with van der Waals surface area (Å²) in [6.07, 6.45) is 0. The van der Waals surface area contributed by atoms with E-state index in [0.717, 1.165) is 5.56 Å². The van der Waals surface area contributed by atoms with E-state index in [0.29, 0.717) is 11.4 Å². The van der Waals surface area contributed by atoms with Crippen LogP contribution in [-0.2, 0) is 9.59 Å². The van der Waals surface area contributed by atoms with E-state index in [9.17, 15) is 19.5 Å². The number of nitrogen functional groups attached to an aromatic ring is 1. The summed E-state index contributed by atoms with van der Waals surface area (Å²) >= 11 is 5.95. The summed E-state index contributed by atoms with van der Waals surface area (Å²) < 4.78 is 0. The quantitative estimate of drug-likeness (QED) is 0.611. The van der Waals surface area contributed by atoms with E-state index in [1.165, 1.54) is 30.0 Å². The molecule has 0 saturated carbocycles. The number of Topliss-reactive ketones (excluding diaryl/α,β-unsaturated/α-hetero) is 1. The fourth-order valence-corrected chi connectivity index (χ4v) is 2.84. The number of anilines is 2. The molecule has 2 amide bonds. The van der Waals surface area contributed by atoms with Crippen LogP contribution in [0.15, 0.2) is 42.5 Å². The van der Waals surface area contributed by atoms with E-state index in [1.54, 1.807) is 12.1 Å². The van der Waals surface area contributed by atoms with Gasteiger partial charge in [-0.2, -0.15) is 0 Å². The lowest BCUT2D eigenvalue weighted by molar-refractivity contribution is -0.121. The summed E-state index contributed by atoms with van der Waals surface area (Å²) in [5.74, 6) is -1.44. The maximum absolute atomic E-state index is 12.5. The van der Waals surface area contributed by atoms with Gasteiger partial charge in [0.15, 0.2) is 5.78 Å². The molecular formula is C20H22ClN3O4. The second-order valence-corrected chi connectivity index (χ2v) is 6.73. The molecule has 0 bridgehead atoms. The highest BCUT2D eigenvalue weighted by Gasteiger charge is 2.25. The van der Waals surface area contributed by atoms with E-state index in [-0.39, 0.29) is 22.9 Å². The number of benzene rings is 2. The second-order valence-electron chi connectivity index (χ2n) is 6.32. The molecule has 0 aliphatic heterocycles. The summed E-state index contributed by atoms with van der Waals surface area (Å²) in [6.45, 7) is 2.29. The van der Waals surface area contributed by atoms with Crippen LogP contribution in [0.4, 0.5) is 11.4 Å². The lowest BCUT2D eigenvalue weighted by atomic mass is 10.1. The van der Waals surface area contributed by atoms with Crippen molar-refractivity contribution >= 4 is 40.6 Å². The molecule has 0 aromatic heterocycles. The Morgan fingerprint density at radius 2 is 1.89 bits per heavy atom. The molecule has 0 aliphatic carbocycles. The first kappa shape index (κ1) is 21.4. The summed E-state index contributed by atoms with van der Waals surface area (Å²) in [5.41, 5.74) is 7.57. The van der Waals surface area contributed by atoms with Crippen LogP contribution in [0, 0.1) is 6.92 Å². The highest BCUT2D eigenvalue weighted by Crippen LogP contribution is 2.21. The van der Waals surface area contributed by atoms with Crippen LogP contribution in [0.1, 0.15) is 22.8 Å². The number of carbonyl (C=O) groups excluding carboxylic acids is 3. The van der Waals surface area contributed by atoms with Crippen molar-refractivity contribution in [3.63, 3.8) is 0 Å². The van der Waals surface area contributed by atoms with Gasteiger partial charge in [-0.25, -0.2) is 0 Å². The lowest BCUT2D eigenvalue weighted by Crippen LogP contribution is -2.50. The van der Waals surface area contributed by atoms with Gasteiger partial charge in [-0.3, -0.25) is 14.4 Å². The van der Waals surface area contributed by atoms with Crippen molar-refractivity contribution < 1.29 is 19.5 Å². The molecule has 2 rings (SSSR count). The summed E-state index contributed by atoms with van der Waals surface area (Å²) in [7, 11) is 0. The number of nitrogens with two attached hydrogens (primary N) is 1. The third kappa shape index (κ3) is 5.09. The Balaban J connectivity index is 2.27. The highest BCUT2D eigenvalue weighted by molar-refractivity contribution is 6.33. The smallest absolute Gasteiger partial charge is 0.252 e. The molecule has 2 aromatic carbocycles. The maximum Gasteiger partial charge on any atom is 0.252 e. The predicted octanol–water partition coefficient (Wildman–Crippen LogP) is 1.94. The lowest BCUT2D eigenvalue weighted by Gasteiger charge is -2.28. The minimum absolute atomic E-state index is 0.117. The van der Waals surface area contributed by atoms with Gasteiger partial charge in [0.05, 0.1) is 17.3 Å². The molecule has 4 N–H and O–H groups in total. The average Bonchev–Trinajstić information content (AvgIpc) is 2.67. The Morgan fingerprint density at radius 3 is 2.46 bits per heavy atom. The third-order valence-corrected chi connectivity index (χ3v) is 4.59. The number of amides is 2. The molecule has 1 unspecified atom stereocenters. The number of rotatable bonds is 7. The monoisotopic (exact) mass is 403 g/mol. The fraction of sp³-hybridized carbons (Fsp3) is 0.250. The van der Waals surface area contributed by atoms with Crippen molar-refractivity contribution in [1.82, 2.24) is 5.32 Å². The molecule has 0 heterocycles. The van der Waals surface area contributed by atoms with Crippen molar-refractivity contribution in [2.24, 2.45) is 0 Å². The van der Waals surface area contributed by atoms with Gasteiger partial charge < -0.3 is 21.1 Å². The Bertz CT molecular complexity index is 901. The van der Waals surface area contributed by atoms with Crippen molar-refractivity contribution in [1.29, 1.82) is 0 Å². The van der Waals surface area contributed by atoms with Crippen LogP contribution in [0.2, 0.25) is 5.02 Å². The molecule has 1 atom stereocenters.